The first-order chi connectivity index (χ1) is 19.2. The highest BCUT2D eigenvalue weighted by Crippen LogP contribution is 2.35. The van der Waals surface area contributed by atoms with Crippen LogP contribution in [-0.2, 0) is 9.59 Å². The average Bonchev–Trinajstić information content (AvgIpc) is 3.27. The van der Waals surface area contributed by atoms with Crippen molar-refractivity contribution in [1.82, 2.24) is 19.7 Å². The first-order valence-corrected chi connectivity index (χ1v) is 14.7. The highest BCUT2D eigenvalue weighted by molar-refractivity contribution is 8.01. The number of carbonyl (C=O) groups is 2. The van der Waals surface area contributed by atoms with Crippen molar-refractivity contribution in [3.63, 3.8) is 0 Å². The predicted molar refractivity (Wildman–Crippen MR) is 157 cm³/mol. The molecule has 0 aliphatic heterocycles. The lowest BCUT2D eigenvalue weighted by Gasteiger charge is -2.18. The second kappa shape index (κ2) is 13.4. The minimum absolute atomic E-state index is 0.00830. The van der Waals surface area contributed by atoms with Crippen molar-refractivity contribution < 1.29 is 23.8 Å². The van der Waals surface area contributed by atoms with E-state index in [1.807, 2.05) is 13.8 Å². The Labute approximate surface area is 246 Å². The summed E-state index contributed by atoms with van der Waals surface area (Å²) in [6, 6.07) is 6.91. The number of anilines is 3. The number of aliphatic carboxylic acids is 1. The Morgan fingerprint density at radius 3 is 2.77 bits per heavy atom. The van der Waals surface area contributed by atoms with Crippen LogP contribution in [-0.4, -0.2) is 49.1 Å². The highest BCUT2D eigenvalue weighted by atomic mass is 35.5. The standard InChI is InChI=1S/C25H24ClFN6O4S3/c1-3-19(33-25(38)40-24(32-33)39-8-7-21(34)35)23(36)31-18-10-14-17(11-20(18)37-4-2)28-12-29-22(14)30-13-5-6-16(27)15(26)9-13/h5-6,9-12,19H,3-4,7-8H2,1-2H3,(H,31,36)(H,34,35)(H,28,29,30). The minimum Gasteiger partial charge on any atom is -0.492 e. The van der Waals surface area contributed by atoms with Gasteiger partial charge in [0, 0.05) is 22.9 Å². The molecule has 0 aliphatic rings. The van der Waals surface area contributed by atoms with Crippen LogP contribution in [0.15, 0.2) is 41.0 Å². The SMILES string of the molecule is CCOc1cc2ncnc(Nc3ccc(F)c(Cl)c3)c2cc1NC(=O)C(CC)n1nc(SCCC(=O)O)sc1=S. The number of hydrogen-bond acceptors (Lipinski definition) is 10. The quantitative estimate of drug-likeness (QED) is 0.116. The second-order valence-corrected chi connectivity index (χ2v) is 11.6. The average molecular weight is 623 g/mol. The zero-order valence-electron chi connectivity index (χ0n) is 21.3. The van der Waals surface area contributed by atoms with Crippen LogP contribution in [0.3, 0.4) is 0 Å². The number of amides is 1. The third-order valence-electron chi connectivity index (χ3n) is 5.55. The van der Waals surface area contributed by atoms with E-state index in [4.69, 9.17) is 33.7 Å². The third-order valence-corrected chi connectivity index (χ3v) is 8.24. The molecule has 4 rings (SSSR count). The maximum absolute atomic E-state index is 13.6. The van der Waals surface area contributed by atoms with E-state index < -0.39 is 17.8 Å². The summed E-state index contributed by atoms with van der Waals surface area (Å²) in [6.07, 6.45) is 1.78. The fourth-order valence-electron chi connectivity index (χ4n) is 3.70. The maximum atomic E-state index is 13.6. The van der Waals surface area contributed by atoms with E-state index >= 15 is 0 Å². The molecule has 15 heteroatoms. The Morgan fingerprint density at radius 1 is 1.27 bits per heavy atom. The molecule has 1 unspecified atom stereocenters. The van der Waals surface area contributed by atoms with Crippen LogP contribution in [0.2, 0.25) is 5.02 Å². The van der Waals surface area contributed by atoms with Crippen molar-refractivity contribution in [3.05, 3.63) is 51.5 Å². The monoisotopic (exact) mass is 622 g/mol. The lowest BCUT2D eigenvalue weighted by Crippen LogP contribution is -2.26. The Morgan fingerprint density at radius 2 is 2.08 bits per heavy atom. The largest absolute Gasteiger partial charge is 0.492 e. The first kappa shape index (κ1) is 29.6. The Bertz CT molecular complexity index is 1620. The molecule has 0 saturated carbocycles. The van der Waals surface area contributed by atoms with Crippen molar-refractivity contribution in [2.45, 2.75) is 37.1 Å². The van der Waals surface area contributed by atoms with Crippen LogP contribution < -0.4 is 15.4 Å². The van der Waals surface area contributed by atoms with Gasteiger partial charge in [0.25, 0.3) is 0 Å². The van der Waals surface area contributed by atoms with Crippen LogP contribution in [0.4, 0.5) is 21.6 Å². The van der Waals surface area contributed by atoms with Crippen molar-refractivity contribution in [3.8, 4) is 5.75 Å². The molecule has 210 valence electrons. The number of nitrogens with zero attached hydrogens (tertiary/aromatic N) is 4. The molecule has 1 atom stereocenters. The van der Waals surface area contributed by atoms with Gasteiger partial charge in [-0.2, -0.15) is 5.10 Å². The third kappa shape index (κ3) is 7.05. The second-order valence-electron chi connectivity index (χ2n) is 8.26. The number of fused-ring (bicyclic) bond motifs is 1. The van der Waals surface area contributed by atoms with Crippen molar-refractivity contribution in [2.75, 3.05) is 23.0 Å². The summed E-state index contributed by atoms with van der Waals surface area (Å²) >= 11 is 13.9. The molecular weight excluding hydrogens is 599 g/mol. The van der Waals surface area contributed by atoms with E-state index in [9.17, 15) is 14.0 Å². The maximum Gasteiger partial charge on any atom is 0.304 e. The van der Waals surface area contributed by atoms with Crippen LogP contribution in [0, 0.1) is 9.77 Å². The topological polar surface area (TPSA) is 131 Å². The molecule has 2 heterocycles. The summed E-state index contributed by atoms with van der Waals surface area (Å²) in [5.41, 5.74) is 1.47. The molecule has 0 saturated heterocycles. The lowest BCUT2D eigenvalue weighted by molar-refractivity contribution is -0.136. The lowest BCUT2D eigenvalue weighted by atomic mass is 10.1. The fraction of sp³-hybridized carbons (Fsp3) is 0.280. The van der Waals surface area contributed by atoms with Gasteiger partial charge in [-0.1, -0.05) is 41.6 Å². The van der Waals surface area contributed by atoms with Gasteiger partial charge in [-0.15, -0.1) is 0 Å². The molecule has 1 amide bonds. The van der Waals surface area contributed by atoms with Gasteiger partial charge in [-0.05, 0) is 49.8 Å². The van der Waals surface area contributed by atoms with Crippen LogP contribution in [0.1, 0.15) is 32.7 Å². The smallest absolute Gasteiger partial charge is 0.304 e. The van der Waals surface area contributed by atoms with E-state index in [1.54, 1.807) is 12.1 Å². The summed E-state index contributed by atoms with van der Waals surface area (Å²) in [7, 11) is 0. The van der Waals surface area contributed by atoms with E-state index in [0.717, 1.165) is 0 Å². The van der Waals surface area contributed by atoms with Crippen LogP contribution in [0.5, 0.6) is 5.75 Å². The van der Waals surface area contributed by atoms with Crippen molar-refractivity contribution in [1.29, 1.82) is 0 Å². The molecule has 4 aromatic rings. The number of benzene rings is 2. The number of ether oxygens (including phenoxy) is 1. The molecule has 0 radical (unpaired) electrons. The van der Waals surface area contributed by atoms with Crippen molar-refractivity contribution in [2.24, 2.45) is 0 Å². The summed E-state index contributed by atoms with van der Waals surface area (Å²) in [5.74, 6) is -0.613. The summed E-state index contributed by atoms with van der Waals surface area (Å²) in [4.78, 5) is 33.0. The molecule has 3 N–H and O–H groups in total. The number of carboxylic acids is 1. The van der Waals surface area contributed by atoms with E-state index in [1.165, 1.54) is 52.3 Å². The number of aromatic nitrogens is 4. The van der Waals surface area contributed by atoms with Gasteiger partial charge >= 0.3 is 5.97 Å². The normalized spacial score (nSPS) is 11.8. The number of thioether (sulfide) groups is 1. The van der Waals surface area contributed by atoms with Crippen molar-refractivity contribution >= 4 is 86.9 Å². The van der Waals surface area contributed by atoms with Gasteiger partial charge in [0.1, 0.15) is 29.8 Å². The summed E-state index contributed by atoms with van der Waals surface area (Å²) in [5, 5.41) is 19.9. The Balaban J connectivity index is 1.64. The Hall–Kier alpha value is -3.33. The molecule has 0 fully saturated rings. The number of carboxylic acid groups (broad SMARTS) is 1. The van der Waals surface area contributed by atoms with Gasteiger partial charge in [-0.3, -0.25) is 9.59 Å². The van der Waals surface area contributed by atoms with Gasteiger partial charge in [0.2, 0.25) is 5.91 Å². The highest BCUT2D eigenvalue weighted by Gasteiger charge is 2.24. The number of carbonyl (C=O) groups excluding carboxylic acids is 1. The predicted octanol–water partition coefficient (Wildman–Crippen LogP) is 6.71. The molecular formula is C25H24ClFN6O4S3. The zero-order chi connectivity index (χ0) is 28.8. The number of hydrogen-bond donors (Lipinski definition) is 3. The number of rotatable bonds is 12. The van der Waals surface area contributed by atoms with Gasteiger partial charge < -0.3 is 20.5 Å². The number of halogens is 2. The molecule has 0 bridgehead atoms. The van der Waals surface area contributed by atoms with Crippen LogP contribution >= 0.6 is 46.9 Å². The molecule has 40 heavy (non-hydrogen) atoms. The van der Waals surface area contributed by atoms with E-state index in [2.05, 4.69) is 25.7 Å². The molecule has 0 aliphatic carbocycles. The molecule has 2 aromatic heterocycles. The zero-order valence-corrected chi connectivity index (χ0v) is 24.5. The van der Waals surface area contributed by atoms with E-state index in [-0.39, 0.29) is 17.4 Å². The molecule has 0 spiro atoms. The first-order valence-electron chi connectivity index (χ1n) is 12.1. The van der Waals surface area contributed by atoms with Gasteiger partial charge in [-0.25, -0.2) is 19.0 Å². The fourth-order valence-corrected chi connectivity index (χ4v) is 6.31. The number of nitrogens with one attached hydrogen (secondary N) is 2. The van der Waals surface area contributed by atoms with Gasteiger partial charge in [0.05, 0.1) is 29.3 Å². The minimum atomic E-state index is -0.896. The van der Waals surface area contributed by atoms with E-state index in [0.29, 0.717) is 60.9 Å². The summed E-state index contributed by atoms with van der Waals surface area (Å²) in [6.45, 7) is 4.02. The Kier molecular flexibility index (Phi) is 9.90. The molecule has 10 nitrogen and oxygen atoms in total. The van der Waals surface area contributed by atoms with Gasteiger partial charge in [0.15, 0.2) is 8.29 Å². The molecule has 2 aromatic carbocycles. The van der Waals surface area contributed by atoms with Crippen LogP contribution in [0.25, 0.3) is 10.9 Å². The summed E-state index contributed by atoms with van der Waals surface area (Å²) < 4.78 is 21.9.